The Morgan fingerprint density at radius 3 is 2.46 bits per heavy atom. The van der Waals surface area contributed by atoms with E-state index >= 15 is 0 Å². The molecule has 0 spiro atoms. The first-order valence-electron chi connectivity index (χ1n) is 10.9. The van der Waals surface area contributed by atoms with E-state index in [2.05, 4.69) is 26.2 Å². The third kappa shape index (κ3) is 5.97. The minimum Gasteiger partial charge on any atom is -0.497 e. The van der Waals surface area contributed by atoms with Crippen LogP contribution < -0.4 is 15.5 Å². The topological polar surface area (TPSA) is 110 Å². The highest BCUT2D eigenvalue weighted by atomic mass is 16.5. The zero-order valence-electron chi connectivity index (χ0n) is 19.3. The Kier molecular flexibility index (Phi) is 7.27. The Morgan fingerprint density at radius 2 is 1.71 bits per heavy atom. The molecule has 2 amide bonds. The number of hydrazone groups is 1. The van der Waals surface area contributed by atoms with Gasteiger partial charge in [-0.3, -0.25) is 9.59 Å². The van der Waals surface area contributed by atoms with Gasteiger partial charge in [-0.15, -0.1) is 5.10 Å². The first kappa shape index (κ1) is 23.4. The summed E-state index contributed by atoms with van der Waals surface area (Å²) >= 11 is 0. The first-order valence-corrected chi connectivity index (χ1v) is 10.9. The monoisotopic (exact) mass is 468 g/mol. The van der Waals surface area contributed by atoms with Crippen molar-refractivity contribution in [1.82, 2.24) is 25.7 Å². The number of benzene rings is 3. The number of methoxy groups -OCH3 is 1. The molecule has 9 nitrogen and oxygen atoms in total. The Balaban J connectivity index is 1.52. The van der Waals surface area contributed by atoms with Crippen LogP contribution in [-0.4, -0.2) is 39.6 Å². The molecule has 0 unspecified atom stereocenters. The van der Waals surface area contributed by atoms with Gasteiger partial charge in [0.15, 0.2) is 0 Å². The second-order valence-electron chi connectivity index (χ2n) is 7.68. The number of para-hydroxylation sites is 1. The van der Waals surface area contributed by atoms with Crippen molar-refractivity contribution in [3.63, 3.8) is 0 Å². The summed E-state index contributed by atoms with van der Waals surface area (Å²) in [6.07, 6.45) is 1.57. The highest BCUT2D eigenvalue weighted by molar-refractivity contribution is 6.05. The van der Waals surface area contributed by atoms with E-state index in [4.69, 9.17) is 4.74 Å². The zero-order chi connectivity index (χ0) is 24.6. The van der Waals surface area contributed by atoms with Crippen molar-refractivity contribution in [1.29, 1.82) is 0 Å². The molecule has 1 aromatic heterocycles. The maximum absolute atomic E-state index is 13.0. The van der Waals surface area contributed by atoms with E-state index in [0.29, 0.717) is 29.1 Å². The summed E-state index contributed by atoms with van der Waals surface area (Å²) in [7, 11) is 1.58. The van der Waals surface area contributed by atoms with Crippen LogP contribution in [0.25, 0.3) is 17.1 Å². The van der Waals surface area contributed by atoms with Crippen molar-refractivity contribution >= 4 is 34.6 Å². The molecule has 1 heterocycles. The van der Waals surface area contributed by atoms with Gasteiger partial charge >= 0.3 is 0 Å². The van der Waals surface area contributed by atoms with Crippen molar-refractivity contribution < 1.29 is 14.3 Å². The van der Waals surface area contributed by atoms with Crippen molar-refractivity contribution in [2.75, 3.05) is 7.11 Å². The first-order chi connectivity index (χ1) is 17.0. The van der Waals surface area contributed by atoms with E-state index in [1.165, 1.54) is 0 Å². The normalized spacial score (nSPS) is 11.8. The Bertz CT molecular complexity index is 1390. The predicted molar refractivity (Wildman–Crippen MR) is 134 cm³/mol. The molecule has 3 aromatic carbocycles. The quantitative estimate of drug-likeness (QED) is 0.234. The summed E-state index contributed by atoms with van der Waals surface area (Å²) in [6.45, 7) is 2.11. The molecule has 4 aromatic rings. The average Bonchev–Trinajstić information content (AvgIpc) is 3.30. The molecule has 0 saturated heterocycles. The van der Waals surface area contributed by atoms with Crippen LogP contribution in [0.3, 0.4) is 0 Å². The van der Waals surface area contributed by atoms with Gasteiger partial charge in [0.25, 0.3) is 11.8 Å². The minimum atomic E-state index is -0.562. The van der Waals surface area contributed by atoms with Crippen molar-refractivity contribution in [3.05, 3.63) is 95.7 Å². The van der Waals surface area contributed by atoms with Crippen LogP contribution in [0.5, 0.6) is 5.75 Å². The van der Waals surface area contributed by atoms with Gasteiger partial charge in [-0.1, -0.05) is 47.7 Å². The van der Waals surface area contributed by atoms with Crippen LogP contribution in [0, 0.1) is 0 Å². The number of amides is 2. The smallest absolute Gasteiger partial charge is 0.287 e. The lowest BCUT2D eigenvalue weighted by Crippen LogP contribution is -2.33. The third-order valence-electron chi connectivity index (χ3n) is 5.10. The van der Waals surface area contributed by atoms with Crippen molar-refractivity contribution in [2.24, 2.45) is 5.10 Å². The number of carbonyl (C=O) groups excluding carboxylic acids is 2. The summed E-state index contributed by atoms with van der Waals surface area (Å²) in [5, 5.41) is 15.1. The fourth-order valence-corrected chi connectivity index (χ4v) is 3.30. The fraction of sp³-hybridized carbons (Fsp3) is 0.115. The summed E-state index contributed by atoms with van der Waals surface area (Å²) in [5.41, 5.74) is 5.95. The summed E-state index contributed by atoms with van der Waals surface area (Å²) in [4.78, 5) is 25.7. The molecular weight excluding hydrogens is 444 g/mol. The molecule has 0 atom stereocenters. The molecule has 9 heteroatoms. The number of ether oxygens (including phenoxy) is 1. The van der Waals surface area contributed by atoms with E-state index in [1.54, 1.807) is 73.3 Å². The molecule has 176 valence electrons. The number of hydrogen-bond acceptors (Lipinski definition) is 6. The van der Waals surface area contributed by atoms with E-state index in [1.807, 2.05) is 30.3 Å². The molecule has 0 saturated carbocycles. The van der Waals surface area contributed by atoms with Gasteiger partial charge in [-0.2, -0.15) is 5.10 Å². The molecule has 0 aliphatic heterocycles. The van der Waals surface area contributed by atoms with Gasteiger partial charge in [0.05, 0.1) is 24.9 Å². The second-order valence-corrected chi connectivity index (χ2v) is 7.68. The number of aromatic nitrogens is 3. The van der Waals surface area contributed by atoms with Gasteiger partial charge in [-0.05, 0) is 55.0 Å². The minimum absolute atomic E-state index is 0.0479. The molecule has 4 rings (SSSR count). The number of carbonyl (C=O) groups is 2. The largest absolute Gasteiger partial charge is 0.497 e. The highest BCUT2D eigenvalue weighted by Crippen LogP contribution is 2.14. The van der Waals surface area contributed by atoms with Crippen molar-refractivity contribution in [2.45, 2.75) is 13.5 Å². The van der Waals surface area contributed by atoms with E-state index in [9.17, 15) is 9.59 Å². The lowest BCUT2D eigenvalue weighted by atomic mass is 10.1. The van der Waals surface area contributed by atoms with Gasteiger partial charge < -0.3 is 10.1 Å². The van der Waals surface area contributed by atoms with Gasteiger partial charge in [-0.25, -0.2) is 10.1 Å². The van der Waals surface area contributed by atoms with Crippen LogP contribution in [0.4, 0.5) is 0 Å². The molecule has 2 N–H and O–H groups in total. The fourth-order valence-electron chi connectivity index (χ4n) is 3.30. The molecule has 0 aliphatic carbocycles. The number of rotatable bonds is 8. The zero-order valence-corrected chi connectivity index (χ0v) is 19.3. The second kappa shape index (κ2) is 10.9. The molecule has 0 radical (unpaired) electrons. The number of nitrogens with one attached hydrogen (secondary N) is 2. The molecule has 35 heavy (non-hydrogen) atoms. The van der Waals surface area contributed by atoms with Crippen LogP contribution in [0.1, 0.15) is 22.8 Å². The number of hydrogen-bond donors (Lipinski definition) is 2. The van der Waals surface area contributed by atoms with Gasteiger partial charge in [0, 0.05) is 5.56 Å². The third-order valence-corrected chi connectivity index (χ3v) is 5.10. The van der Waals surface area contributed by atoms with Crippen molar-refractivity contribution in [3.8, 4) is 5.75 Å². The van der Waals surface area contributed by atoms with E-state index in [0.717, 1.165) is 11.0 Å². The average molecular weight is 469 g/mol. The van der Waals surface area contributed by atoms with Gasteiger partial charge in [0.2, 0.25) is 0 Å². The van der Waals surface area contributed by atoms with Crippen LogP contribution in [0.15, 0.2) is 89.7 Å². The van der Waals surface area contributed by atoms with E-state index < -0.39 is 11.8 Å². The number of nitrogens with zero attached hydrogens (tertiary/aromatic N) is 4. The Morgan fingerprint density at radius 1 is 1.00 bits per heavy atom. The lowest BCUT2D eigenvalue weighted by molar-refractivity contribution is -0.117. The van der Waals surface area contributed by atoms with Crippen LogP contribution in [0.2, 0.25) is 0 Å². The molecule has 0 fully saturated rings. The Hall–Kier alpha value is -4.79. The standard InChI is InChI=1S/C26H24N6O3/c1-18(17-32-24-11-7-6-10-22(24)29-31-32)28-30-26(34)23(16-19-12-14-21(35-2)15-13-19)27-25(33)20-8-4-3-5-9-20/h3-16H,17H2,1-2H3,(H,27,33)(H,30,34). The van der Waals surface area contributed by atoms with Crippen LogP contribution in [-0.2, 0) is 11.3 Å². The summed E-state index contributed by atoms with van der Waals surface area (Å²) < 4.78 is 6.88. The maximum atomic E-state index is 13.0. The summed E-state index contributed by atoms with van der Waals surface area (Å²) in [6, 6.07) is 23.3. The lowest BCUT2D eigenvalue weighted by Gasteiger charge is -2.10. The predicted octanol–water partition coefficient (Wildman–Crippen LogP) is 3.40. The number of fused-ring (bicyclic) bond motifs is 1. The molecule has 0 aliphatic rings. The molecule has 0 bridgehead atoms. The highest BCUT2D eigenvalue weighted by Gasteiger charge is 2.15. The van der Waals surface area contributed by atoms with Gasteiger partial charge in [0.1, 0.15) is 17.0 Å². The molecular formula is C26H24N6O3. The van der Waals surface area contributed by atoms with Crippen LogP contribution >= 0.6 is 0 Å². The summed E-state index contributed by atoms with van der Waals surface area (Å²) in [5.74, 6) is -0.287. The van der Waals surface area contributed by atoms with E-state index in [-0.39, 0.29) is 5.70 Å². The maximum Gasteiger partial charge on any atom is 0.287 e. The SMILES string of the molecule is COc1ccc(C=C(NC(=O)c2ccccc2)C(=O)NN=C(C)Cn2nnc3ccccc32)cc1. The Labute approximate surface area is 202 Å².